The molecule has 0 aromatic carbocycles. The molecule has 0 heterocycles. The van der Waals surface area contributed by atoms with Gasteiger partial charge in [0.05, 0.1) is 6.42 Å². The zero-order valence-electron chi connectivity index (χ0n) is 8.63. The minimum Gasteiger partial charge on any atom is -0.356 e. The van der Waals surface area contributed by atoms with Gasteiger partial charge >= 0.3 is 0 Å². The van der Waals surface area contributed by atoms with Crippen LogP contribution in [-0.4, -0.2) is 24.7 Å². The summed E-state index contributed by atoms with van der Waals surface area (Å²) >= 11 is 0. The van der Waals surface area contributed by atoms with Crippen LogP contribution in [0.2, 0.25) is 0 Å². The van der Waals surface area contributed by atoms with E-state index in [1.165, 1.54) is 0 Å². The molecular formula is C10H20N2O. The number of carbonyl (C=O) groups excluding carboxylic acids is 1. The first kappa shape index (κ1) is 11.9. The molecule has 13 heavy (non-hydrogen) atoms. The third-order valence-electron chi connectivity index (χ3n) is 1.44. The smallest absolute Gasteiger partial charge is 0.225 e. The van der Waals surface area contributed by atoms with Crippen LogP contribution >= 0.6 is 0 Å². The molecule has 0 atom stereocenters. The summed E-state index contributed by atoms with van der Waals surface area (Å²) in [6, 6.07) is 0. The van der Waals surface area contributed by atoms with Crippen LogP contribution in [0.15, 0.2) is 17.1 Å². The summed E-state index contributed by atoms with van der Waals surface area (Å²) in [5.74, 6) is 0.0350. The zero-order valence-corrected chi connectivity index (χ0v) is 8.63. The molecule has 0 fully saturated rings. The molecule has 3 heteroatoms. The van der Waals surface area contributed by atoms with Gasteiger partial charge in [-0.2, -0.15) is 0 Å². The zero-order chi connectivity index (χ0) is 10.1. The van der Waals surface area contributed by atoms with Crippen LogP contribution in [0, 0.1) is 0 Å². The first-order valence-electron chi connectivity index (χ1n) is 4.67. The standard InChI is InChI=1S/C10H18N2O.H2/c1-4-7-9(11-5-2)8-10(13)12-6-3;/h4,7H,5-6,8H2,1-3H3,(H,12,13);1H/b7-4-,11-9?;. The highest BCUT2D eigenvalue weighted by molar-refractivity contribution is 6.06. The van der Waals surface area contributed by atoms with E-state index in [1.807, 2.05) is 32.9 Å². The largest absolute Gasteiger partial charge is 0.356 e. The van der Waals surface area contributed by atoms with Crippen molar-refractivity contribution in [3.8, 4) is 0 Å². The second-order valence-corrected chi connectivity index (χ2v) is 2.60. The van der Waals surface area contributed by atoms with Gasteiger partial charge < -0.3 is 5.32 Å². The molecular weight excluding hydrogens is 164 g/mol. The molecule has 0 bridgehead atoms. The molecule has 0 spiro atoms. The van der Waals surface area contributed by atoms with Crippen molar-refractivity contribution in [2.75, 3.05) is 13.1 Å². The summed E-state index contributed by atoms with van der Waals surface area (Å²) in [6.07, 6.45) is 4.15. The maximum absolute atomic E-state index is 11.2. The summed E-state index contributed by atoms with van der Waals surface area (Å²) in [4.78, 5) is 15.4. The van der Waals surface area contributed by atoms with Crippen molar-refractivity contribution >= 4 is 11.6 Å². The van der Waals surface area contributed by atoms with E-state index in [4.69, 9.17) is 0 Å². The Morgan fingerprint density at radius 1 is 1.54 bits per heavy atom. The Morgan fingerprint density at radius 2 is 2.23 bits per heavy atom. The Hall–Kier alpha value is -1.12. The number of hydrogen-bond acceptors (Lipinski definition) is 2. The van der Waals surface area contributed by atoms with Crippen molar-refractivity contribution in [2.45, 2.75) is 27.2 Å². The molecule has 0 aliphatic carbocycles. The minimum atomic E-state index is 0. The molecule has 0 saturated heterocycles. The van der Waals surface area contributed by atoms with Crippen molar-refractivity contribution in [3.63, 3.8) is 0 Å². The average molecular weight is 184 g/mol. The molecule has 0 unspecified atom stereocenters. The predicted molar refractivity (Wildman–Crippen MR) is 58.2 cm³/mol. The fourth-order valence-corrected chi connectivity index (χ4v) is 0.987. The monoisotopic (exact) mass is 184 g/mol. The van der Waals surface area contributed by atoms with Crippen LogP contribution in [0.5, 0.6) is 0 Å². The summed E-state index contributed by atoms with van der Waals surface area (Å²) in [5.41, 5.74) is 0.843. The number of amides is 1. The lowest BCUT2D eigenvalue weighted by atomic mass is 10.2. The predicted octanol–water partition coefficient (Wildman–Crippen LogP) is 1.80. The van der Waals surface area contributed by atoms with Crippen LogP contribution in [-0.2, 0) is 4.79 Å². The summed E-state index contributed by atoms with van der Waals surface area (Å²) in [7, 11) is 0. The SMILES string of the molecule is C/C=C\C(CC(=O)NCC)=NCC.[HH]. The van der Waals surface area contributed by atoms with Crippen LogP contribution in [0.3, 0.4) is 0 Å². The topological polar surface area (TPSA) is 41.5 Å². The molecule has 0 radical (unpaired) electrons. The first-order valence-corrected chi connectivity index (χ1v) is 4.67. The molecule has 0 aliphatic heterocycles. The number of carbonyl (C=O) groups is 1. The van der Waals surface area contributed by atoms with Gasteiger partial charge in [-0.1, -0.05) is 6.08 Å². The van der Waals surface area contributed by atoms with Crippen LogP contribution in [0.1, 0.15) is 28.6 Å². The van der Waals surface area contributed by atoms with Gasteiger partial charge in [-0.3, -0.25) is 9.79 Å². The summed E-state index contributed by atoms with van der Waals surface area (Å²) in [5, 5.41) is 2.74. The van der Waals surface area contributed by atoms with E-state index in [1.54, 1.807) is 0 Å². The van der Waals surface area contributed by atoms with Gasteiger partial charge in [0, 0.05) is 20.2 Å². The molecule has 0 aromatic heterocycles. The molecule has 0 aromatic rings. The maximum Gasteiger partial charge on any atom is 0.225 e. The van der Waals surface area contributed by atoms with Gasteiger partial charge in [0.25, 0.3) is 0 Å². The fraction of sp³-hybridized carbons (Fsp3) is 0.600. The van der Waals surface area contributed by atoms with E-state index in [9.17, 15) is 4.79 Å². The van der Waals surface area contributed by atoms with Crippen molar-refractivity contribution in [1.82, 2.24) is 5.32 Å². The number of allylic oxidation sites excluding steroid dienone is 2. The van der Waals surface area contributed by atoms with E-state index in [0.717, 1.165) is 12.3 Å². The van der Waals surface area contributed by atoms with Crippen LogP contribution < -0.4 is 5.32 Å². The Kier molecular flexibility index (Phi) is 6.88. The number of rotatable bonds is 5. The molecule has 0 rings (SSSR count). The van der Waals surface area contributed by atoms with Crippen LogP contribution in [0.4, 0.5) is 0 Å². The number of hydrogen-bond donors (Lipinski definition) is 1. The normalized spacial score (nSPS) is 12.1. The van der Waals surface area contributed by atoms with Crippen molar-refractivity contribution in [1.29, 1.82) is 0 Å². The summed E-state index contributed by atoms with van der Waals surface area (Å²) < 4.78 is 0. The van der Waals surface area contributed by atoms with Crippen LogP contribution in [0.25, 0.3) is 0 Å². The molecule has 76 valence electrons. The van der Waals surface area contributed by atoms with Gasteiger partial charge in [-0.05, 0) is 26.8 Å². The third kappa shape index (κ3) is 6.08. The number of nitrogens with zero attached hydrogens (tertiary/aromatic N) is 1. The second kappa shape index (κ2) is 7.53. The lowest BCUT2D eigenvalue weighted by molar-refractivity contribution is -0.119. The Morgan fingerprint density at radius 3 is 2.69 bits per heavy atom. The second-order valence-electron chi connectivity index (χ2n) is 2.60. The lowest BCUT2D eigenvalue weighted by Gasteiger charge is -2.01. The quantitative estimate of drug-likeness (QED) is 0.650. The highest BCUT2D eigenvalue weighted by atomic mass is 16.1. The molecule has 1 N–H and O–H groups in total. The van der Waals surface area contributed by atoms with Gasteiger partial charge in [0.1, 0.15) is 0 Å². The number of nitrogens with one attached hydrogen (secondary N) is 1. The molecule has 1 amide bonds. The lowest BCUT2D eigenvalue weighted by Crippen LogP contribution is -2.24. The van der Waals surface area contributed by atoms with Gasteiger partial charge in [-0.25, -0.2) is 0 Å². The third-order valence-corrected chi connectivity index (χ3v) is 1.44. The average Bonchev–Trinajstić information content (AvgIpc) is 2.05. The van der Waals surface area contributed by atoms with Gasteiger partial charge in [-0.15, -0.1) is 0 Å². The van der Waals surface area contributed by atoms with E-state index in [-0.39, 0.29) is 7.33 Å². The minimum absolute atomic E-state index is 0. The molecule has 3 nitrogen and oxygen atoms in total. The molecule has 0 saturated carbocycles. The van der Waals surface area contributed by atoms with Crippen molar-refractivity contribution < 1.29 is 6.22 Å². The van der Waals surface area contributed by atoms with E-state index in [2.05, 4.69) is 10.3 Å². The number of aliphatic imine (C=N–C) groups is 1. The first-order chi connectivity index (χ1) is 6.24. The van der Waals surface area contributed by atoms with Gasteiger partial charge in [0.2, 0.25) is 5.91 Å². The Balaban J connectivity index is 0. The van der Waals surface area contributed by atoms with Crippen molar-refractivity contribution in [3.05, 3.63) is 12.2 Å². The molecule has 0 aliphatic rings. The van der Waals surface area contributed by atoms with Crippen molar-refractivity contribution in [2.24, 2.45) is 4.99 Å². The van der Waals surface area contributed by atoms with E-state index < -0.39 is 0 Å². The summed E-state index contributed by atoms with van der Waals surface area (Å²) in [6.45, 7) is 7.18. The maximum atomic E-state index is 11.2. The Bertz CT molecular complexity index is 212. The fourth-order valence-electron chi connectivity index (χ4n) is 0.987. The van der Waals surface area contributed by atoms with Gasteiger partial charge in [0.15, 0.2) is 0 Å². The van der Waals surface area contributed by atoms with E-state index in [0.29, 0.717) is 13.0 Å². The van der Waals surface area contributed by atoms with E-state index >= 15 is 0 Å². The highest BCUT2D eigenvalue weighted by Gasteiger charge is 2.02. The Labute approximate surface area is 81.4 Å². The highest BCUT2D eigenvalue weighted by Crippen LogP contribution is 1.91.